The summed E-state index contributed by atoms with van der Waals surface area (Å²) in [5.74, 6) is 0.182. The van der Waals surface area contributed by atoms with Gasteiger partial charge < -0.3 is 4.90 Å². The largest absolute Gasteiger partial charge is 0.371 e. The van der Waals surface area contributed by atoms with Gasteiger partial charge in [0.2, 0.25) is 0 Å². The molecular formula is C18H20BrNO. The van der Waals surface area contributed by atoms with Crippen molar-refractivity contribution in [2.45, 2.75) is 20.3 Å². The van der Waals surface area contributed by atoms with Crippen LogP contribution in [0.15, 0.2) is 53.0 Å². The lowest BCUT2D eigenvalue weighted by Crippen LogP contribution is -2.25. The van der Waals surface area contributed by atoms with Gasteiger partial charge in [-0.25, -0.2) is 0 Å². The number of aryl methyl sites for hydroxylation is 1. The zero-order valence-electron chi connectivity index (χ0n) is 12.5. The van der Waals surface area contributed by atoms with Gasteiger partial charge in [0.25, 0.3) is 0 Å². The summed E-state index contributed by atoms with van der Waals surface area (Å²) < 4.78 is 0.944. The minimum absolute atomic E-state index is 0.182. The van der Waals surface area contributed by atoms with Crippen molar-refractivity contribution in [3.8, 4) is 0 Å². The number of Topliss-reactive ketones (excluding diaryl/α,β-unsaturated/α-hetero) is 1. The third-order valence-electron chi connectivity index (χ3n) is 3.54. The minimum Gasteiger partial charge on any atom is -0.371 e. The van der Waals surface area contributed by atoms with Crippen LogP contribution >= 0.6 is 15.9 Å². The van der Waals surface area contributed by atoms with Crippen LogP contribution in [0.5, 0.6) is 0 Å². The van der Waals surface area contributed by atoms with Crippen molar-refractivity contribution < 1.29 is 4.79 Å². The van der Waals surface area contributed by atoms with Crippen molar-refractivity contribution >= 4 is 27.4 Å². The molecule has 0 heterocycles. The fraction of sp³-hybridized carbons (Fsp3) is 0.278. The molecule has 0 aromatic heterocycles. The summed E-state index contributed by atoms with van der Waals surface area (Å²) in [5.41, 5.74) is 3.19. The monoisotopic (exact) mass is 345 g/mol. The molecule has 0 radical (unpaired) electrons. The van der Waals surface area contributed by atoms with Crippen LogP contribution in [0, 0.1) is 6.92 Å². The van der Waals surface area contributed by atoms with Crippen LogP contribution in [-0.4, -0.2) is 18.9 Å². The standard InChI is InChI=1S/C18H20BrNO/c1-3-20(17-9-7-14(2)8-10-17)12-11-18(21)15-5-4-6-16(19)13-15/h4-10,13H,3,11-12H2,1-2H3. The Morgan fingerprint density at radius 3 is 2.48 bits per heavy atom. The number of nitrogens with zero attached hydrogens (tertiary/aromatic N) is 1. The molecule has 0 aliphatic heterocycles. The molecule has 2 aromatic carbocycles. The molecule has 0 atom stereocenters. The molecule has 2 nitrogen and oxygen atoms in total. The Morgan fingerprint density at radius 1 is 1.14 bits per heavy atom. The summed E-state index contributed by atoms with van der Waals surface area (Å²) in [4.78, 5) is 14.5. The van der Waals surface area contributed by atoms with Gasteiger partial charge >= 0.3 is 0 Å². The van der Waals surface area contributed by atoms with E-state index in [9.17, 15) is 4.79 Å². The van der Waals surface area contributed by atoms with Gasteiger partial charge in [0.1, 0.15) is 0 Å². The lowest BCUT2D eigenvalue weighted by atomic mass is 10.1. The number of carbonyl (C=O) groups is 1. The van der Waals surface area contributed by atoms with Crippen LogP contribution in [-0.2, 0) is 0 Å². The van der Waals surface area contributed by atoms with Crippen molar-refractivity contribution in [3.05, 3.63) is 64.1 Å². The number of halogens is 1. The zero-order valence-corrected chi connectivity index (χ0v) is 14.1. The van der Waals surface area contributed by atoms with Crippen LogP contribution in [0.3, 0.4) is 0 Å². The highest BCUT2D eigenvalue weighted by Gasteiger charge is 2.10. The summed E-state index contributed by atoms with van der Waals surface area (Å²) >= 11 is 3.40. The highest BCUT2D eigenvalue weighted by molar-refractivity contribution is 9.10. The molecule has 0 aliphatic rings. The number of benzene rings is 2. The Bertz CT molecular complexity index is 607. The van der Waals surface area contributed by atoms with Crippen molar-refractivity contribution in [2.24, 2.45) is 0 Å². The molecule has 0 aliphatic carbocycles. The van der Waals surface area contributed by atoms with Crippen molar-refractivity contribution in [1.29, 1.82) is 0 Å². The summed E-state index contributed by atoms with van der Waals surface area (Å²) in [6, 6.07) is 16.0. The molecule has 0 N–H and O–H groups in total. The predicted molar refractivity (Wildman–Crippen MR) is 92.2 cm³/mol. The first-order valence-corrected chi connectivity index (χ1v) is 8.00. The smallest absolute Gasteiger partial charge is 0.164 e. The van der Waals surface area contributed by atoms with Crippen LogP contribution in [0.4, 0.5) is 5.69 Å². The molecule has 0 spiro atoms. The van der Waals surface area contributed by atoms with Gasteiger partial charge in [-0.15, -0.1) is 0 Å². The SMILES string of the molecule is CCN(CCC(=O)c1cccc(Br)c1)c1ccc(C)cc1. The number of anilines is 1. The van der Waals surface area contributed by atoms with Gasteiger partial charge in [0, 0.05) is 35.2 Å². The van der Waals surface area contributed by atoms with Crippen LogP contribution in [0.1, 0.15) is 29.3 Å². The molecular weight excluding hydrogens is 326 g/mol. The molecule has 0 fully saturated rings. The second kappa shape index (κ2) is 7.41. The van der Waals surface area contributed by atoms with E-state index in [0.717, 1.165) is 23.1 Å². The number of carbonyl (C=O) groups excluding carboxylic acids is 1. The van der Waals surface area contributed by atoms with Crippen LogP contribution in [0.25, 0.3) is 0 Å². The Labute approximate surface area is 134 Å². The molecule has 0 unspecified atom stereocenters. The highest BCUT2D eigenvalue weighted by atomic mass is 79.9. The summed E-state index contributed by atoms with van der Waals surface area (Å²) in [7, 11) is 0. The first kappa shape index (κ1) is 15.8. The Balaban J connectivity index is 2.00. The molecule has 0 saturated carbocycles. The molecule has 0 bridgehead atoms. The third kappa shape index (κ3) is 4.43. The zero-order chi connectivity index (χ0) is 15.2. The van der Waals surface area contributed by atoms with E-state index in [4.69, 9.17) is 0 Å². The van der Waals surface area contributed by atoms with Crippen molar-refractivity contribution in [1.82, 2.24) is 0 Å². The third-order valence-corrected chi connectivity index (χ3v) is 4.03. The van der Waals surface area contributed by atoms with Crippen molar-refractivity contribution in [2.75, 3.05) is 18.0 Å². The van der Waals surface area contributed by atoms with E-state index < -0.39 is 0 Å². The van der Waals surface area contributed by atoms with Crippen LogP contribution < -0.4 is 4.90 Å². The number of hydrogen-bond acceptors (Lipinski definition) is 2. The topological polar surface area (TPSA) is 20.3 Å². The Hall–Kier alpha value is -1.61. The van der Waals surface area contributed by atoms with E-state index in [1.165, 1.54) is 11.3 Å². The average Bonchev–Trinajstić information content (AvgIpc) is 2.49. The molecule has 3 heteroatoms. The van der Waals surface area contributed by atoms with Crippen LogP contribution in [0.2, 0.25) is 0 Å². The highest BCUT2D eigenvalue weighted by Crippen LogP contribution is 2.17. The van der Waals surface area contributed by atoms with E-state index in [0.29, 0.717) is 6.42 Å². The minimum atomic E-state index is 0.182. The maximum absolute atomic E-state index is 12.3. The van der Waals surface area contributed by atoms with E-state index in [-0.39, 0.29) is 5.78 Å². The van der Waals surface area contributed by atoms with E-state index in [1.54, 1.807) is 0 Å². The average molecular weight is 346 g/mol. The van der Waals surface area contributed by atoms with Crippen molar-refractivity contribution in [3.63, 3.8) is 0 Å². The lowest BCUT2D eigenvalue weighted by molar-refractivity contribution is 0.0984. The number of ketones is 1. The van der Waals surface area contributed by atoms with Gasteiger partial charge in [0.15, 0.2) is 5.78 Å². The molecule has 2 rings (SSSR count). The lowest BCUT2D eigenvalue weighted by Gasteiger charge is -2.23. The fourth-order valence-electron chi connectivity index (χ4n) is 2.27. The Kier molecular flexibility index (Phi) is 5.57. The van der Waals surface area contributed by atoms with Gasteiger partial charge in [-0.1, -0.05) is 45.8 Å². The second-order valence-corrected chi connectivity index (χ2v) is 6.01. The van der Waals surface area contributed by atoms with E-state index >= 15 is 0 Å². The molecule has 110 valence electrons. The number of rotatable bonds is 6. The number of hydrogen-bond donors (Lipinski definition) is 0. The fourth-order valence-corrected chi connectivity index (χ4v) is 2.67. The summed E-state index contributed by atoms with van der Waals surface area (Å²) in [6.45, 7) is 5.83. The summed E-state index contributed by atoms with van der Waals surface area (Å²) in [5, 5.41) is 0. The summed E-state index contributed by atoms with van der Waals surface area (Å²) in [6.07, 6.45) is 0.526. The maximum Gasteiger partial charge on any atom is 0.164 e. The first-order valence-electron chi connectivity index (χ1n) is 7.20. The van der Waals surface area contributed by atoms with Gasteiger partial charge in [-0.05, 0) is 38.1 Å². The van der Waals surface area contributed by atoms with E-state index in [1.807, 2.05) is 24.3 Å². The molecule has 2 aromatic rings. The normalized spacial score (nSPS) is 10.4. The molecule has 0 saturated heterocycles. The second-order valence-electron chi connectivity index (χ2n) is 5.10. The Morgan fingerprint density at radius 2 is 1.86 bits per heavy atom. The predicted octanol–water partition coefficient (Wildman–Crippen LogP) is 4.86. The molecule has 21 heavy (non-hydrogen) atoms. The quantitative estimate of drug-likeness (QED) is 0.697. The van der Waals surface area contributed by atoms with Gasteiger partial charge in [0.05, 0.1) is 0 Å². The van der Waals surface area contributed by atoms with E-state index in [2.05, 4.69) is 58.9 Å². The van der Waals surface area contributed by atoms with Gasteiger partial charge in [-0.3, -0.25) is 4.79 Å². The molecule has 0 amide bonds. The maximum atomic E-state index is 12.3. The van der Waals surface area contributed by atoms with Gasteiger partial charge in [-0.2, -0.15) is 0 Å². The first-order chi connectivity index (χ1) is 10.1.